The lowest BCUT2D eigenvalue weighted by molar-refractivity contribution is -0.276. The van der Waals surface area contributed by atoms with E-state index in [0.717, 1.165) is 13.3 Å². The summed E-state index contributed by atoms with van der Waals surface area (Å²) in [6.07, 6.45) is -4.14. The topological polar surface area (TPSA) is 68.7 Å². The minimum Gasteiger partial charge on any atom is -0.491 e. The first-order chi connectivity index (χ1) is 7.76. The first-order valence-electron chi connectivity index (χ1n) is 4.29. The number of hydrogen-bond acceptors (Lipinski definition) is 4. The quantitative estimate of drug-likeness (QED) is 0.889. The van der Waals surface area contributed by atoms with Gasteiger partial charge in [0.2, 0.25) is 0 Å². The van der Waals surface area contributed by atoms with E-state index >= 15 is 0 Å². The molecule has 0 atom stereocenters. The Hall–Kier alpha value is -1.99. The molecule has 1 N–H and O–H groups in total. The zero-order chi connectivity index (χ0) is 13.2. The molecular formula is C9H8F3NO4. The minimum atomic E-state index is -4.92. The van der Waals surface area contributed by atoms with Gasteiger partial charge in [0.05, 0.1) is 12.7 Å². The maximum Gasteiger partial charge on any atom is 0.574 e. The molecular weight excluding hydrogens is 243 g/mol. The number of methoxy groups -OCH3 is 1. The number of hydrogen-bond donors (Lipinski definition) is 1. The summed E-state index contributed by atoms with van der Waals surface area (Å²) in [6, 6.07) is 0. The Kier molecular flexibility index (Phi) is 3.45. The van der Waals surface area contributed by atoms with Gasteiger partial charge in [-0.25, -0.2) is 9.78 Å². The number of carboxylic acids is 1. The largest absolute Gasteiger partial charge is 0.574 e. The van der Waals surface area contributed by atoms with E-state index in [1.165, 1.54) is 6.92 Å². The van der Waals surface area contributed by atoms with Gasteiger partial charge in [-0.1, -0.05) is 0 Å². The summed E-state index contributed by atoms with van der Waals surface area (Å²) in [5.41, 5.74) is -0.245. The molecule has 0 aliphatic rings. The molecule has 0 aromatic carbocycles. The molecule has 5 nitrogen and oxygen atoms in total. The molecule has 1 aromatic rings. The monoisotopic (exact) mass is 251 g/mol. The molecule has 0 amide bonds. The van der Waals surface area contributed by atoms with Gasteiger partial charge < -0.3 is 14.6 Å². The molecule has 1 rings (SSSR count). The summed E-state index contributed by atoms with van der Waals surface area (Å²) < 4.78 is 44.3. The highest BCUT2D eigenvalue weighted by Gasteiger charge is 2.34. The molecule has 0 saturated heterocycles. The molecule has 17 heavy (non-hydrogen) atoms. The van der Waals surface area contributed by atoms with Crippen LogP contribution in [0.15, 0.2) is 6.20 Å². The van der Waals surface area contributed by atoms with Crippen LogP contribution in [0.2, 0.25) is 0 Å². The first-order valence-corrected chi connectivity index (χ1v) is 4.29. The molecule has 0 aliphatic carbocycles. The van der Waals surface area contributed by atoms with Crippen LogP contribution < -0.4 is 9.47 Å². The third kappa shape index (κ3) is 2.99. The highest BCUT2D eigenvalue weighted by molar-refractivity contribution is 5.90. The van der Waals surface area contributed by atoms with E-state index in [9.17, 15) is 18.0 Å². The number of carboxylic acid groups (broad SMARTS) is 1. The Bertz CT molecular complexity index is 445. The number of alkyl halides is 3. The van der Waals surface area contributed by atoms with Gasteiger partial charge in [0.15, 0.2) is 5.75 Å². The average Bonchev–Trinajstić information content (AvgIpc) is 2.15. The molecule has 0 fully saturated rings. The fraction of sp³-hybridized carbons (Fsp3) is 0.333. The predicted molar refractivity (Wildman–Crippen MR) is 49.2 cm³/mol. The summed E-state index contributed by atoms with van der Waals surface area (Å²) in [5.74, 6) is -2.49. The highest BCUT2D eigenvalue weighted by atomic mass is 19.4. The van der Waals surface area contributed by atoms with Gasteiger partial charge in [0, 0.05) is 11.8 Å². The second-order valence-corrected chi connectivity index (χ2v) is 2.99. The van der Waals surface area contributed by atoms with Crippen molar-refractivity contribution in [2.45, 2.75) is 13.3 Å². The molecule has 0 spiro atoms. The second kappa shape index (κ2) is 4.48. The Labute approximate surface area is 93.8 Å². The van der Waals surface area contributed by atoms with Crippen molar-refractivity contribution in [3.8, 4) is 11.6 Å². The summed E-state index contributed by atoms with van der Waals surface area (Å²) in [5, 5.41) is 8.75. The number of aromatic nitrogens is 1. The molecule has 0 radical (unpaired) electrons. The molecule has 8 heteroatoms. The normalized spacial score (nSPS) is 11.1. The van der Waals surface area contributed by atoms with E-state index in [-0.39, 0.29) is 16.9 Å². The van der Waals surface area contributed by atoms with E-state index in [2.05, 4.69) is 14.5 Å². The highest BCUT2D eigenvalue weighted by Crippen LogP contribution is 2.34. The van der Waals surface area contributed by atoms with Crippen LogP contribution in [-0.4, -0.2) is 29.5 Å². The van der Waals surface area contributed by atoms with Crippen molar-refractivity contribution in [3.05, 3.63) is 17.3 Å². The predicted octanol–water partition coefficient (Wildman–Crippen LogP) is 2.00. The number of aromatic carboxylic acids is 1. The van der Waals surface area contributed by atoms with Crippen molar-refractivity contribution >= 4 is 5.97 Å². The van der Waals surface area contributed by atoms with Crippen LogP contribution in [0.5, 0.6) is 11.6 Å². The number of nitrogens with zero attached hydrogens (tertiary/aromatic N) is 1. The fourth-order valence-corrected chi connectivity index (χ4v) is 1.20. The number of rotatable bonds is 3. The summed E-state index contributed by atoms with van der Waals surface area (Å²) in [6.45, 7) is 1.30. The average molecular weight is 251 g/mol. The van der Waals surface area contributed by atoms with Gasteiger partial charge in [-0.15, -0.1) is 13.2 Å². The van der Waals surface area contributed by atoms with Crippen molar-refractivity contribution in [2.75, 3.05) is 7.11 Å². The SMILES string of the molecule is COc1c(OC(F)(F)F)ncc(C(=O)O)c1C. The molecule has 0 unspecified atom stereocenters. The van der Waals surface area contributed by atoms with Gasteiger partial charge >= 0.3 is 12.3 Å². The van der Waals surface area contributed by atoms with E-state index < -0.39 is 18.2 Å². The zero-order valence-electron chi connectivity index (χ0n) is 8.83. The van der Waals surface area contributed by atoms with E-state index in [4.69, 9.17) is 5.11 Å². The minimum absolute atomic E-state index is 0.00856. The van der Waals surface area contributed by atoms with Crippen molar-refractivity contribution in [3.63, 3.8) is 0 Å². The summed E-state index contributed by atoms with van der Waals surface area (Å²) >= 11 is 0. The van der Waals surface area contributed by atoms with Gasteiger partial charge in [-0.3, -0.25) is 0 Å². The third-order valence-electron chi connectivity index (χ3n) is 1.90. The number of carbonyl (C=O) groups is 1. The number of halogens is 3. The van der Waals surface area contributed by atoms with Crippen molar-refractivity contribution in [2.24, 2.45) is 0 Å². The van der Waals surface area contributed by atoms with Crippen LogP contribution in [0.1, 0.15) is 15.9 Å². The maximum atomic E-state index is 12.0. The Morgan fingerprint density at radius 3 is 2.47 bits per heavy atom. The maximum absolute atomic E-state index is 12.0. The Morgan fingerprint density at radius 1 is 1.47 bits per heavy atom. The lowest BCUT2D eigenvalue weighted by Gasteiger charge is -2.14. The van der Waals surface area contributed by atoms with Crippen LogP contribution in [0, 0.1) is 6.92 Å². The first kappa shape index (κ1) is 13.1. The zero-order valence-corrected chi connectivity index (χ0v) is 8.83. The Balaban J connectivity index is 3.26. The van der Waals surface area contributed by atoms with E-state index in [1.54, 1.807) is 0 Å². The lowest BCUT2D eigenvalue weighted by Crippen LogP contribution is -2.19. The molecule has 0 bridgehead atoms. The molecule has 94 valence electrons. The van der Waals surface area contributed by atoms with E-state index in [0.29, 0.717) is 0 Å². The van der Waals surface area contributed by atoms with Gasteiger partial charge in [0.25, 0.3) is 5.88 Å². The molecule has 0 saturated carbocycles. The van der Waals surface area contributed by atoms with Gasteiger partial charge in [-0.2, -0.15) is 0 Å². The number of ether oxygens (including phenoxy) is 2. The molecule has 1 aromatic heterocycles. The molecule has 1 heterocycles. The smallest absolute Gasteiger partial charge is 0.491 e. The summed E-state index contributed by atoms with van der Waals surface area (Å²) in [7, 11) is 1.10. The van der Waals surface area contributed by atoms with Gasteiger partial charge in [0.1, 0.15) is 0 Å². The van der Waals surface area contributed by atoms with Crippen LogP contribution >= 0.6 is 0 Å². The number of pyridine rings is 1. The summed E-state index contributed by atoms with van der Waals surface area (Å²) in [4.78, 5) is 14.0. The van der Waals surface area contributed by atoms with Crippen molar-refractivity contribution in [1.82, 2.24) is 4.98 Å². The van der Waals surface area contributed by atoms with Crippen LogP contribution in [0.4, 0.5) is 13.2 Å². The van der Waals surface area contributed by atoms with Gasteiger partial charge in [-0.05, 0) is 6.92 Å². The van der Waals surface area contributed by atoms with Crippen molar-refractivity contribution < 1.29 is 32.5 Å². The molecule has 0 aliphatic heterocycles. The fourth-order valence-electron chi connectivity index (χ4n) is 1.20. The standard InChI is InChI=1S/C9H8F3NO4/c1-4-5(8(14)15)3-13-7(6(4)16-2)17-9(10,11)12/h3H,1-2H3,(H,14,15). The third-order valence-corrected chi connectivity index (χ3v) is 1.90. The van der Waals surface area contributed by atoms with Crippen LogP contribution in [-0.2, 0) is 0 Å². The van der Waals surface area contributed by atoms with E-state index in [1.807, 2.05) is 0 Å². The van der Waals surface area contributed by atoms with Crippen molar-refractivity contribution in [1.29, 1.82) is 0 Å². The van der Waals surface area contributed by atoms with Crippen LogP contribution in [0.25, 0.3) is 0 Å². The lowest BCUT2D eigenvalue weighted by atomic mass is 10.1. The second-order valence-electron chi connectivity index (χ2n) is 2.99. The Morgan fingerprint density at radius 2 is 2.06 bits per heavy atom. The van der Waals surface area contributed by atoms with Crippen LogP contribution in [0.3, 0.4) is 0 Å².